The molecule has 0 aromatic carbocycles. The van der Waals surface area contributed by atoms with Gasteiger partial charge >= 0.3 is 0 Å². The molecule has 0 bridgehead atoms. The van der Waals surface area contributed by atoms with Crippen LogP contribution in [0.25, 0.3) is 0 Å². The molecule has 3 rings (SSSR count). The van der Waals surface area contributed by atoms with Gasteiger partial charge < -0.3 is 14.6 Å². The molecule has 5 heteroatoms. The molecular formula is C11H18N4O. The number of rotatable bonds is 1. The lowest BCUT2D eigenvalue weighted by Crippen LogP contribution is -2.35. The highest BCUT2D eigenvalue weighted by Crippen LogP contribution is 2.35. The molecule has 5 nitrogen and oxygen atoms in total. The number of aromatic nitrogens is 3. The Hall–Kier alpha value is -0.940. The molecule has 1 N–H and O–H groups in total. The van der Waals surface area contributed by atoms with Crippen molar-refractivity contribution in [3.05, 3.63) is 11.6 Å². The first kappa shape index (κ1) is 10.2. The second-order valence-electron chi connectivity index (χ2n) is 4.89. The molecule has 1 fully saturated rings. The highest BCUT2D eigenvalue weighted by Gasteiger charge is 2.38. The zero-order valence-electron chi connectivity index (χ0n) is 9.86. The molecule has 2 aliphatic rings. The number of hydrogen-bond donors (Lipinski definition) is 1. The molecule has 0 spiro atoms. The number of nitrogens with one attached hydrogen (secondary N) is 1. The fraction of sp³-hybridized carbons (Fsp3) is 0.818. The summed E-state index contributed by atoms with van der Waals surface area (Å²) in [5, 5.41) is 12.0. The number of ether oxygens (including phenoxy) is 1. The van der Waals surface area contributed by atoms with E-state index in [9.17, 15) is 0 Å². The number of nitrogens with zero attached hydrogens (tertiary/aromatic N) is 3. The van der Waals surface area contributed by atoms with Crippen molar-refractivity contribution in [3.8, 4) is 0 Å². The summed E-state index contributed by atoms with van der Waals surface area (Å²) in [6, 6.07) is 0.292. The van der Waals surface area contributed by atoms with E-state index in [0.717, 1.165) is 44.2 Å². The molecule has 0 radical (unpaired) electrons. The summed E-state index contributed by atoms with van der Waals surface area (Å²) in [4.78, 5) is 0. The van der Waals surface area contributed by atoms with Crippen LogP contribution in [-0.4, -0.2) is 27.9 Å². The molecule has 0 aliphatic carbocycles. The van der Waals surface area contributed by atoms with Gasteiger partial charge in [0.1, 0.15) is 11.4 Å². The molecule has 0 saturated carbocycles. The van der Waals surface area contributed by atoms with E-state index in [1.807, 2.05) is 0 Å². The summed E-state index contributed by atoms with van der Waals surface area (Å²) in [5.41, 5.74) is -0.220. The summed E-state index contributed by atoms with van der Waals surface area (Å²) in [7, 11) is 0. The van der Waals surface area contributed by atoms with Gasteiger partial charge in [-0.2, -0.15) is 0 Å². The molecule has 0 amide bonds. The van der Waals surface area contributed by atoms with Gasteiger partial charge in [-0.25, -0.2) is 0 Å². The largest absolute Gasteiger partial charge is 0.367 e. The van der Waals surface area contributed by atoms with Crippen LogP contribution in [0.3, 0.4) is 0 Å². The van der Waals surface area contributed by atoms with E-state index in [1.54, 1.807) is 0 Å². The van der Waals surface area contributed by atoms with Crippen LogP contribution in [0.4, 0.5) is 0 Å². The van der Waals surface area contributed by atoms with Crippen LogP contribution in [0.15, 0.2) is 0 Å². The molecule has 88 valence electrons. The highest BCUT2D eigenvalue weighted by molar-refractivity contribution is 5.10. The molecule has 1 saturated heterocycles. The Morgan fingerprint density at radius 3 is 3.12 bits per heavy atom. The van der Waals surface area contributed by atoms with Crippen molar-refractivity contribution in [2.75, 3.05) is 13.2 Å². The van der Waals surface area contributed by atoms with E-state index < -0.39 is 0 Å². The Morgan fingerprint density at radius 2 is 2.38 bits per heavy atom. The smallest absolute Gasteiger partial charge is 0.165 e. The van der Waals surface area contributed by atoms with Gasteiger partial charge in [0.25, 0.3) is 0 Å². The van der Waals surface area contributed by atoms with Crippen molar-refractivity contribution in [3.63, 3.8) is 0 Å². The minimum Gasteiger partial charge on any atom is -0.367 e. The normalized spacial score (nSPS) is 34.0. The zero-order valence-corrected chi connectivity index (χ0v) is 9.86. The van der Waals surface area contributed by atoms with E-state index in [0.29, 0.717) is 6.04 Å². The first-order valence-corrected chi connectivity index (χ1v) is 6.02. The third kappa shape index (κ3) is 1.38. The van der Waals surface area contributed by atoms with Gasteiger partial charge in [0.05, 0.1) is 6.04 Å². The lowest BCUT2D eigenvalue weighted by Gasteiger charge is -2.27. The summed E-state index contributed by atoms with van der Waals surface area (Å²) < 4.78 is 8.07. The number of fused-ring (bicyclic) bond motifs is 1. The van der Waals surface area contributed by atoms with Crippen LogP contribution < -0.4 is 5.32 Å². The fourth-order valence-corrected chi connectivity index (χ4v) is 2.69. The minimum atomic E-state index is -0.220. The molecule has 2 atom stereocenters. The Kier molecular flexibility index (Phi) is 2.26. The topological polar surface area (TPSA) is 52.0 Å². The van der Waals surface area contributed by atoms with Crippen molar-refractivity contribution >= 4 is 0 Å². The monoisotopic (exact) mass is 222 g/mol. The van der Waals surface area contributed by atoms with Crippen LogP contribution in [0.2, 0.25) is 0 Å². The summed E-state index contributed by atoms with van der Waals surface area (Å²) in [5.74, 6) is 2.05. The molecule has 2 aliphatic heterocycles. The van der Waals surface area contributed by atoms with Crippen LogP contribution >= 0.6 is 0 Å². The lowest BCUT2D eigenvalue weighted by atomic mass is 10.0. The second kappa shape index (κ2) is 3.53. The first-order chi connectivity index (χ1) is 7.71. The first-order valence-electron chi connectivity index (χ1n) is 6.02. The average molecular weight is 222 g/mol. The Bertz CT molecular complexity index is 395. The maximum absolute atomic E-state index is 5.84. The van der Waals surface area contributed by atoms with E-state index >= 15 is 0 Å². The Morgan fingerprint density at radius 1 is 1.50 bits per heavy atom. The standard InChI is InChI=1S/C11H18N4O/c1-8-9-13-14-10(15(9)6-5-12-8)11(2)4-3-7-16-11/h8,12H,3-7H2,1-2H3. The predicted molar refractivity (Wildman–Crippen MR) is 59.0 cm³/mol. The van der Waals surface area contributed by atoms with E-state index in [4.69, 9.17) is 4.74 Å². The van der Waals surface area contributed by atoms with Crippen LogP contribution in [0.1, 0.15) is 44.4 Å². The van der Waals surface area contributed by atoms with Crippen LogP contribution in [-0.2, 0) is 16.9 Å². The summed E-state index contributed by atoms with van der Waals surface area (Å²) >= 11 is 0. The van der Waals surface area contributed by atoms with Crippen LogP contribution in [0, 0.1) is 0 Å². The van der Waals surface area contributed by atoms with Crippen LogP contribution in [0.5, 0.6) is 0 Å². The fourth-order valence-electron chi connectivity index (χ4n) is 2.69. The van der Waals surface area contributed by atoms with Gasteiger partial charge in [0.2, 0.25) is 0 Å². The molecule has 2 unspecified atom stereocenters. The van der Waals surface area contributed by atoms with Gasteiger partial charge in [0.15, 0.2) is 5.82 Å². The second-order valence-corrected chi connectivity index (χ2v) is 4.89. The van der Waals surface area contributed by atoms with Crippen molar-refractivity contribution in [2.45, 2.75) is 44.9 Å². The third-order valence-electron chi connectivity index (χ3n) is 3.64. The van der Waals surface area contributed by atoms with Gasteiger partial charge in [-0.05, 0) is 26.7 Å². The lowest BCUT2D eigenvalue weighted by molar-refractivity contribution is 0.00570. The summed E-state index contributed by atoms with van der Waals surface area (Å²) in [6.07, 6.45) is 2.17. The van der Waals surface area contributed by atoms with Gasteiger partial charge in [-0.3, -0.25) is 0 Å². The minimum absolute atomic E-state index is 0.220. The van der Waals surface area contributed by atoms with Crippen molar-refractivity contribution in [1.29, 1.82) is 0 Å². The molecule has 1 aromatic heterocycles. The maximum Gasteiger partial charge on any atom is 0.165 e. The van der Waals surface area contributed by atoms with Crippen molar-refractivity contribution in [2.24, 2.45) is 0 Å². The highest BCUT2D eigenvalue weighted by atomic mass is 16.5. The van der Waals surface area contributed by atoms with E-state index in [1.165, 1.54) is 0 Å². The Balaban J connectivity index is 2.02. The number of hydrogen-bond acceptors (Lipinski definition) is 4. The maximum atomic E-state index is 5.84. The molecular weight excluding hydrogens is 204 g/mol. The SMILES string of the molecule is CC1NCCn2c1nnc2C1(C)CCCO1. The van der Waals surface area contributed by atoms with E-state index in [-0.39, 0.29) is 5.60 Å². The average Bonchev–Trinajstić information content (AvgIpc) is 2.85. The third-order valence-corrected chi connectivity index (χ3v) is 3.64. The van der Waals surface area contributed by atoms with Gasteiger partial charge in [-0.1, -0.05) is 0 Å². The molecule has 1 aromatic rings. The zero-order chi connectivity index (χ0) is 11.2. The predicted octanol–water partition coefficient (Wildman–Crippen LogP) is 0.968. The quantitative estimate of drug-likeness (QED) is 0.769. The molecule has 16 heavy (non-hydrogen) atoms. The van der Waals surface area contributed by atoms with Gasteiger partial charge in [0, 0.05) is 19.7 Å². The molecule has 3 heterocycles. The van der Waals surface area contributed by atoms with E-state index in [2.05, 4.69) is 33.9 Å². The van der Waals surface area contributed by atoms with Gasteiger partial charge in [-0.15, -0.1) is 10.2 Å². The Labute approximate surface area is 95.2 Å². The summed E-state index contributed by atoms with van der Waals surface area (Å²) in [6.45, 7) is 7.02. The van der Waals surface area contributed by atoms with Crippen molar-refractivity contribution in [1.82, 2.24) is 20.1 Å². The van der Waals surface area contributed by atoms with Crippen molar-refractivity contribution < 1.29 is 4.74 Å².